The van der Waals surface area contributed by atoms with Crippen molar-refractivity contribution < 1.29 is 18.0 Å². The van der Waals surface area contributed by atoms with Gasteiger partial charge >= 0.3 is 6.03 Å². The van der Waals surface area contributed by atoms with Crippen molar-refractivity contribution in [1.29, 1.82) is 0 Å². The van der Waals surface area contributed by atoms with E-state index in [1.807, 2.05) is 0 Å². The maximum Gasteiger partial charge on any atom is 0.315 e. The van der Waals surface area contributed by atoms with Crippen LogP contribution in [0.2, 0.25) is 0 Å². The van der Waals surface area contributed by atoms with E-state index >= 15 is 0 Å². The van der Waals surface area contributed by atoms with E-state index in [0.29, 0.717) is 13.0 Å². The van der Waals surface area contributed by atoms with Gasteiger partial charge in [-0.1, -0.05) is 0 Å². The lowest BCUT2D eigenvalue weighted by Crippen LogP contribution is -2.51. The van der Waals surface area contributed by atoms with Gasteiger partial charge in [0.2, 0.25) is 5.91 Å². The molecule has 0 aromatic rings. The second kappa shape index (κ2) is 7.28. The molecule has 2 heterocycles. The first kappa shape index (κ1) is 17.0. The molecule has 2 rings (SSSR count). The van der Waals surface area contributed by atoms with E-state index in [1.165, 1.54) is 0 Å². The molecule has 0 aromatic heterocycles. The number of urea groups is 1. The molecule has 2 saturated heterocycles. The van der Waals surface area contributed by atoms with Crippen molar-refractivity contribution in [2.24, 2.45) is 0 Å². The second-order valence-corrected chi connectivity index (χ2v) is 8.17. The number of likely N-dealkylation sites (tertiary alicyclic amines) is 1. The largest absolute Gasteiger partial charge is 0.358 e. The van der Waals surface area contributed by atoms with Crippen molar-refractivity contribution in [3.05, 3.63) is 0 Å². The van der Waals surface area contributed by atoms with Gasteiger partial charge in [0, 0.05) is 32.2 Å². The predicted octanol–water partition coefficient (Wildman–Crippen LogP) is -1.32. The molecule has 0 spiro atoms. The zero-order valence-electron chi connectivity index (χ0n) is 12.8. The summed E-state index contributed by atoms with van der Waals surface area (Å²) >= 11 is 0. The second-order valence-electron chi connectivity index (χ2n) is 5.94. The van der Waals surface area contributed by atoms with Crippen molar-refractivity contribution in [2.45, 2.75) is 31.3 Å². The maximum absolute atomic E-state index is 11.9. The van der Waals surface area contributed by atoms with Crippen molar-refractivity contribution in [3.8, 4) is 0 Å². The molecule has 0 unspecified atom stereocenters. The number of hydrogen-bond acceptors (Lipinski definition) is 5. The number of carbonyl (C=O) groups excluding carboxylic acids is 2. The summed E-state index contributed by atoms with van der Waals surface area (Å²) in [5.74, 6) is 0.174. The molecule has 2 aliphatic rings. The number of piperidine rings is 1. The van der Waals surface area contributed by atoms with Crippen LogP contribution in [0.5, 0.6) is 0 Å². The minimum absolute atomic E-state index is 0.00778. The number of hydrogen-bond donors (Lipinski definition) is 3. The fraction of sp³-hybridized carbons (Fsp3) is 0.846. The monoisotopic (exact) mass is 332 g/mol. The summed E-state index contributed by atoms with van der Waals surface area (Å²) in [6.07, 6.45) is 2.06. The van der Waals surface area contributed by atoms with Gasteiger partial charge in [0.05, 0.1) is 18.1 Å². The summed E-state index contributed by atoms with van der Waals surface area (Å²) in [5.41, 5.74) is 0. The third-order valence-electron chi connectivity index (χ3n) is 4.14. The molecule has 22 heavy (non-hydrogen) atoms. The first-order chi connectivity index (χ1) is 10.4. The molecule has 0 aliphatic carbocycles. The lowest BCUT2D eigenvalue weighted by Gasteiger charge is -2.31. The maximum atomic E-state index is 11.9. The zero-order chi connectivity index (χ0) is 16.2. The Labute approximate surface area is 130 Å². The number of carbonyl (C=O) groups is 2. The lowest BCUT2D eigenvalue weighted by atomic mass is 10.1. The van der Waals surface area contributed by atoms with Crippen LogP contribution in [-0.2, 0) is 14.6 Å². The highest BCUT2D eigenvalue weighted by Crippen LogP contribution is 2.12. The summed E-state index contributed by atoms with van der Waals surface area (Å²) in [5, 5.41) is 8.21. The fourth-order valence-electron chi connectivity index (χ4n) is 2.84. The molecule has 0 radical (unpaired) electrons. The summed E-state index contributed by atoms with van der Waals surface area (Å²) in [6.45, 7) is 1.90. The fourth-order valence-corrected chi connectivity index (χ4v) is 4.51. The lowest BCUT2D eigenvalue weighted by molar-refractivity contribution is -0.122. The number of sulfone groups is 1. The molecule has 9 heteroatoms. The molecule has 2 fully saturated rings. The van der Waals surface area contributed by atoms with E-state index in [9.17, 15) is 18.0 Å². The molecule has 126 valence electrons. The van der Waals surface area contributed by atoms with E-state index in [2.05, 4.69) is 20.9 Å². The molecule has 2 aliphatic heterocycles. The van der Waals surface area contributed by atoms with Crippen LogP contribution in [0.25, 0.3) is 0 Å². The topological polar surface area (TPSA) is 108 Å². The van der Waals surface area contributed by atoms with Gasteiger partial charge < -0.3 is 16.0 Å². The number of rotatable bonds is 4. The molecule has 3 amide bonds. The molecular formula is C13H24N4O4S. The van der Waals surface area contributed by atoms with Gasteiger partial charge in [-0.05, 0) is 19.3 Å². The van der Waals surface area contributed by atoms with E-state index < -0.39 is 9.84 Å². The molecule has 8 nitrogen and oxygen atoms in total. The molecule has 3 N–H and O–H groups in total. The molecule has 0 bridgehead atoms. The quantitative estimate of drug-likeness (QED) is 0.592. The van der Waals surface area contributed by atoms with Gasteiger partial charge in [-0.3, -0.25) is 9.69 Å². The highest BCUT2D eigenvalue weighted by molar-refractivity contribution is 7.91. The minimum Gasteiger partial charge on any atom is -0.358 e. The standard InChI is InChI=1S/C13H24N4O4S/c1-14-12(18)8-17-5-2-10(3-6-17)15-13(19)16-11-4-7-22(20,21)9-11/h10-11H,2-9H2,1H3,(H,14,18)(H2,15,16,19)/t11-/m1/s1. The van der Waals surface area contributed by atoms with Gasteiger partial charge in [-0.25, -0.2) is 13.2 Å². The van der Waals surface area contributed by atoms with Crippen LogP contribution in [0.3, 0.4) is 0 Å². The number of amides is 3. The summed E-state index contributed by atoms with van der Waals surface area (Å²) in [4.78, 5) is 25.2. The first-order valence-electron chi connectivity index (χ1n) is 7.58. The molecular weight excluding hydrogens is 308 g/mol. The Morgan fingerprint density at radius 1 is 1.09 bits per heavy atom. The molecule has 1 atom stereocenters. The van der Waals surface area contributed by atoms with Crippen LogP contribution >= 0.6 is 0 Å². The summed E-state index contributed by atoms with van der Waals surface area (Å²) in [6, 6.07) is -0.510. The van der Waals surface area contributed by atoms with Gasteiger partial charge in [-0.2, -0.15) is 0 Å². The van der Waals surface area contributed by atoms with Crippen LogP contribution in [0.1, 0.15) is 19.3 Å². The third kappa shape index (κ3) is 5.13. The average Bonchev–Trinajstić information content (AvgIpc) is 2.79. The Morgan fingerprint density at radius 3 is 2.27 bits per heavy atom. The highest BCUT2D eigenvalue weighted by Gasteiger charge is 2.29. The zero-order valence-corrected chi connectivity index (χ0v) is 13.6. The van der Waals surface area contributed by atoms with Crippen molar-refractivity contribution in [2.75, 3.05) is 38.2 Å². The van der Waals surface area contributed by atoms with Crippen LogP contribution < -0.4 is 16.0 Å². The summed E-state index contributed by atoms with van der Waals surface area (Å²) < 4.78 is 22.7. The number of nitrogens with one attached hydrogen (secondary N) is 3. The van der Waals surface area contributed by atoms with E-state index in [-0.39, 0.29) is 35.5 Å². The van der Waals surface area contributed by atoms with Crippen LogP contribution in [-0.4, -0.2) is 75.5 Å². The number of nitrogens with zero attached hydrogens (tertiary/aromatic N) is 1. The van der Waals surface area contributed by atoms with Gasteiger partial charge in [0.1, 0.15) is 0 Å². The van der Waals surface area contributed by atoms with Gasteiger partial charge in [-0.15, -0.1) is 0 Å². The predicted molar refractivity (Wildman–Crippen MR) is 82.3 cm³/mol. The Hall–Kier alpha value is -1.35. The first-order valence-corrected chi connectivity index (χ1v) is 9.40. The molecule has 0 aromatic carbocycles. The van der Waals surface area contributed by atoms with E-state index in [4.69, 9.17) is 0 Å². The van der Waals surface area contributed by atoms with E-state index in [1.54, 1.807) is 7.05 Å². The Kier molecular flexibility index (Phi) is 5.63. The summed E-state index contributed by atoms with van der Waals surface area (Å²) in [7, 11) is -1.37. The Morgan fingerprint density at radius 2 is 1.73 bits per heavy atom. The Bertz CT molecular complexity index is 514. The normalized spacial score (nSPS) is 25.6. The van der Waals surface area contributed by atoms with Crippen molar-refractivity contribution >= 4 is 21.8 Å². The SMILES string of the molecule is CNC(=O)CN1CCC(NC(=O)N[C@@H]2CCS(=O)(=O)C2)CC1. The van der Waals surface area contributed by atoms with Crippen LogP contribution in [0.15, 0.2) is 0 Å². The average molecular weight is 332 g/mol. The highest BCUT2D eigenvalue weighted by atomic mass is 32.2. The van der Waals surface area contributed by atoms with Crippen molar-refractivity contribution in [1.82, 2.24) is 20.9 Å². The molecule has 0 saturated carbocycles. The minimum atomic E-state index is -2.98. The van der Waals surface area contributed by atoms with Crippen LogP contribution in [0.4, 0.5) is 4.79 Å². The Balaban J connectivity index is 1.67. The van der Waals surface area contributed by atoms with Crippen LogP contribution in [0, 0.1) is 0 Å². The number of likely N-dealkylation sites (N-methyl/N-ethyl adjacent to an activating group) is 1. The van der Waals surface area contributed by atoms with Crippen molar-refractivity contribution in [3.63, 3.8) is 0 Å². The van der Waals surface area contributed by atoms with E-state index in [0.717, 1.165) is 25.9 Å². The third-order valence-corrected chi connectivity index (χ3v) is 5.90. The van der Waals surface area contributed by atoms with Gasteiger partial charge in [0.15, 0.2) is 9.84 Å². The smallest absolute Gasteiger partial charge is 0.315 e. The van der Waals surface area contributed by atoms with Gasteiger partial charge in [0.25, 0.3) is 0 Å².